The second-order valence-electron chi connectivity index (χ2n) is 4.18. The minimum atomic E-state index is -3.66. The molecule has 102 valence electrons. The van der Waals surface area contributed by atoms with Crippen LogP contribution in [0.5, 0.6) is 0 Å². The number of rotatable bonds is 4. The number of aromatic nitrogens is 3. The number of anilines is 1. The molecule has 0 aliphatic heterocycles. The minimum absolute atomic E-state index is 0.0253. The van der Waals surface area contributed by atoms with Crippen LogP contribution in [0.3, 0.4) is 0 Å². The Morgan fingerprint density at radius 2 is 2.16 bits per heavy atom. The van der Waals surface area contributed by atoms with E-state index in [4.69, 9.17) is 5.73 Å². The second-order valence-corrected chi connectivity index (χ2v) is 6.19. The molecule has 0 atom stereocenters. The topological polar surface area (TPSA) is 105 Å². The van der Waals surface area contributed by atoms with Crippen molar-refractivity contribution in [3.05, 3.63) is 35.8 Å². The van der Waals surface area contributed by atoms with Crippen LogP contribution in [0, 0.1) is 6.92 Å². The first-order valence-electron chi connectivity index (χ1n) is 5.59. The van der Waals surface area contributed by atoms with Crippen molar-refractivity contribution < 1.29 is 8.42 Å². The van der Waals surface area contributed by atoms with Gasteiger partial charge in [-0.05, 0) is 19.1 Å². The van der Waals surface area contributed by atoms with Crippen molar-refractivity contribution in [3.63, 3.8) is 0 Å². The Labute approximate surface area is 111 Å². The highest BCUT2D eigenvalue weighted by molar-refractivity contribution is 7.89. The molecular weight excluding hydrogens is 266 g/mol. The van der Waals surface area contributed by atoms with Crippen molar-refractivity contribution >= 4 is 15.8 Å². The summed E-state index contributed by atoms with van der Waals surface area (Å²) in [5.74, 6) is 0.0315. The monoisotopic (exact) mass is 281 g/mol. The van der Waals surface area contributed by atoms with Gasteiger partial charge in [-0.15, -0.1) is 0 Å². The van der Waals surface area contributed by atoms with Gasteiger partial charge in [-0.2, -0.15) is 9.40 Å². The molecule has 0 saturated heterocycles. The molecule has 2 heterocycles. The lowest BCUT2D eigenvalue weighted by atomic mass is 10.3. The SMILES string of the molecule is Cc1cccc(CN(C)S(=O)(=O)c2cn[nH]c2N)n1. The molecule has 0 radical (unpaired) electrons. The molecule has 3 N–H and O–H groups in total. The summed E-state index contributed by atoms with van der Waals surface area (Å²) in [5.41, 5.74) is 7.06. The van der Waals surface area contributed by atoms with Gasteiger partial charge in [0, 0.05) is 12.7 Å². The lowest BCUT2D eigenvalue weighted by Crippen LogP contribution is -2.27. The zero-order valence-electron chi connectivity index (χ0n) is 10.7. The predicted molar refractivity (Wildman–Crippen MR) is 70.6 cm³/mol. The maximum absolute atomic E-state index is 12.3. The summed E-state index contributed by atoms with van der Waals surface area (Å²) in [6.07, 6.45) is 1.20. The van der Waals surface area contributed by atoms with Gasteiger partial charge in [-0.25, -0.2) is 8.42 Å². The molecule has 0 fully saturated rings. The zero-order valence-corrected chi connectivity index (χ0v) is 11.5. The number of pyridine rings is 1. The van der Waals surface area contributed by atoms with Crippen molar-refractivity contribution in [2.45, 2.75) is 18.4 Å². The van der Waals surface area contributed by atoms with Crippen molar-refractivity contribution in [2.75, 3.05) is 12.8 Å². The third kappa shape index (κ3) is 2.74. The first kappa shape index (κ1) is 13.5. The standard InChI is InChI=1S/C11H15N5O2S/c1-8-4-3-5-9(14-8)7-16(2)19(17,18)10-6-13-15-11(10)12/h3-6H,7H2,1-2H3,(H3,12,13,15). The zero-order chi connectivity index (χ0) is 14.0. The molecule has 19 heavy (non-hydrogen) atoms. The summed E-state index contributed by atoms with van der Waals surface area (Å²) in [4.78, 5) is 4.24. The molecule has 0 bridgehead atoms. The molecule has 0 amide bonds. The molecule has 2 aromatic heterocycles. The van der Waals surface area contributed by atoms with Gasteiger partial charge in [-0.3, -0.25) is 10.1 Å². The van der Waals surface area contributed by atoms with E-state index in [0.717, 1.165) is 5.69 Å². The van der Waals surface area contributed by atoms with E-state index in [2.05, 4.69) is 15.2 Å². The van der Waals surface area contributed by atoms with Crippen LogP contribution in [0.1, 0.15) is 11.4 Å². The Hall–Kier alpha value is -1.93. The Morgan fingerprint density at radius 3 is 2.74 bits per heavy atom. The van der Waals surface area contributed by atoms with Gasteiger partial charge in [-0.1, -0.05) is 6.07 Å². The van der Waals surface area contributed by atoms with E-state index in [9.17, 15) is 8.42 Å². The largest absolute Gasteiger partial charge is 0.383 e. The molecule has 8 heteroatoms. The molecular formula is C11H15N5O2S. The lowest BCUT2D eigenvalue weighted by molar-refractivity contribution is 0.462. The normalized spacial score (nSPS) is 11.9. The molecule has 7 nitrogen and oxygen atoms in total. The van der Waals surface area contributed by atoms with Crippen LogP contribution < -0.4 is 5.73 Å². The van der Waals surface area contributed by atoms with Gasteiger partial charge in [0.15, 0.2) is 0 Å². The number of nitrogen functional groups attached to an aromatic ring is 1. The van der Waals surface area contributed by atoms with Gasteiger partial charge in [0.25, 0.3) is 0 Å². The number of aryl methyl sites for hydroxylation is 1. The lowest BCUT2D eigenvalue weighted by Gasteiger charge is -2.16. The molecule has 0 spiro atoms. The maximum Gasteiger partial charge on any atom is 0.248 e. The highest BCUT2D eigenvalue weighted by atomic mass is 32.2. The van der Waals surface area contributed by atoms with Crippen molar-refractivity contribution in [1.29, 1.82) is 0 Å². The molecule has 0 unspecified atom stereocenters. The van der Waals surface area contributed by atoms with Gasteiger partial charge in [0.2, 0.25) is 10.0 Å². The summed E-state index contributed by atoms with van der Waals surface area (Å²) in [6, 6.07) is 5.47. The van der Waals surface area contributed by atoms with Gasteiger partial charge < -0.3 is 5.73 Å². The van der Waals surface area contributed by atoms with E-state index in [1.165, 1.54) is 17.5 Å². The van der Waals surface area contributed by atoms with Crippen LogP contribution in [-0.2, 0) is 16.6 Å². The van der Waals surface area contributed by atoms with Crippen LogP contribution in [0.15, 0.2) is 29.3 Å². The Bertz CT molecular complexity index is 680. The van der Waals surface area contributed by atoms with E-state index in [0.29, 0.717) is 5.69 Å². The summed E-state index contributed by atoms with van der Waals surface area (Å²) >= 11 is 0. The molecule has 0 aliphatic carbocycles. The van der Waals surface area contributed by atoms with Crippen LogP contribution >= 0.6 is 0 Å². The van der Waals surface area contributed by atoms with Crippen LogP contribution in [0.4, 0.5) is 5.82 Å². The summed E-state index contributed by atoms with van der Waals surface area (Å²) in [7, 11) is -2.18. The number of sulfonamides is 1. The van der Waals surface area contributed by atoms with Crippen LogP contribution in [0.2, 0.25) is 0 Å². The predicted octanol–water partition coefficient (Wildman–Crippen LogP) is 0.516. The molecule has 2 rings (SSSR count). The van der Waals surface area contributed by atoms with Gasteiger partial charge in [0.1, 0.15) is 10.7 Å². The molecule has 0 aromatic carbocycles. The summed E-state index contributed by atoms with van der Waals surface area (Å²) < 4.78 is 25.7. The molecule has 2 aromatic rings. The molecule has 0 aliphatic rings. The Kier molecular flexibility index (Phi) is 3.54. The number of nitrogens with one attached hydrogen (secondary N) is 1. The first-order chi connectivity index (χ1) is 8.91. The maximum atomic E-state index is 12.3. The minimum Gasteiger partial charge on any atom is -0.383 e. The van der Waals surface area contributed by atoms with Gasteiger partial charge >= 0.3 is 0 Å². The number of nitrogens with zero attached hydrogens (tertiary/aromatic N) is 3. The fourth-order valence-corrected chi connectivity index (χ4v) is 2.81. The van der Waals surface area contributed by atoms with Crippen molar-refractivity contribution in [3.8, 4) is 0 Å². The van der Waals surface area contributed by atoms with E-state index in [1.54, 1.807) is 6.07 Å². The van der Waals surface area contributed by atoms with Crippen molar-refractivity contribution in [1.82, 2.24) is 19.5 Å². The Morgan fingerprint density at radius 1 is 1.42 bits per heavy atom. The highest BCUT2D eigenvalue weighted by Gasteiger charge is 2.25. The highest BCUT2D eigenvalue weighted by Crippen LogP contribution is 2.19. The number of aromatic amines is 1. The third-order valence-electron chi connectivity index (χ3n) is 2.65. The fraction of sp³-hybridized carbons (Fsp3) is 0.273. The number of hydrogen-bond acceptors (Lipinski definition) is 5. The summed E-state index contributed by atoms with van der Waals surface area (Å²) in [6.45, 7) is 2.03. The number of hydrogen-bond donors (Lipinski definition) is 2. The average Bonchev–Trinajstić information content (AvgIpc) is 2.76. The molecule has 0 saturated carbocycles. The Balaban J connectivity index is 2.25. The van der Waals surface area contributed by atoms with E-state index < -0.39 is 10.0 Å². The van der Waals surface area contributed by atoms with E-state index in [-0.39, 0.29) is 17.3 Å². The van der Waals surface area contributed by atoms with E-state index in [1.807, 2.05) is 19.1 Å². The van der Waals surface area contributed by atoms with Crippen LogP contribution in [-0.4, -0.2) is 35.0 Å². The van der Waals surface area contributed by atoms with E-state index >= 15 is 0 Å². The average molecular weight is 281 g/mol. The smallest absolute Gasteiger partial charge is 0.248 e. The quantitative estimate of drug-likeness (QED) is 0.849. The number of nitrogens with two attached hydrogens (primary N) is 1. The fourth-order valence-electron chi connectivity index (χ4n) is 1.66. The second kappa shape index (κ2) is 4.98. The van der Waals surface area contributed by atoms with Gasteiger partial charge in [0.05, 0.1) is 18.4 Å². The van der Waals surface area contributed by atoms with Crippen molar-refractivity contribution in [2.24, 2.45) is 0 Å². The first-order valence-corrected chi connectivity index (χ1v) is 7.03. The third-order valence-corrected chi connectivity index (χ3v) is 4.48. The van der Waals surface area contributed by atoms with Crippen LogP contribution in [0.25, 0.3) is 0 Å². The number of H-pyrrole nitrogens is 1. The summed E-state index contributed by atoms with van der Waals surface area (Å²) in [5, 5.41) is 6.03.